The van der Waals surface area contributed by atoms with E-state index in [0.29, 0.717) is 25.9 Å². The summed E-state index contributed by atoms with van der Waals surface area (Å²) in [5.41, 5.74) is 2.23. The number of hydrogen-bond acceptors (Lipinski definition) is 2. The molecule has 116 valence electrons. The molecule has 1 aromatic rings. The van der Waals surface area contributed by atoms with E-state index in [1.807, 2.05) is 52.0 Å². The van der Waals surface area contributed by atoms with Crippen molar-refractivity contribution in [2.24, 2.45) is 0 Å². The van der Waals surface area contributed by atoms with E-state index >= 15 is 0 Å². The van der Waals surface area contributed by atoms with Gasteiger partial charge in [0.05, 0.1) is 0 Å². The van der Waals surface area contributed by atoms with Crippen molar-refractivity contribution in [2.45, 2.75) is 53.1 Å². The quantitative estimate of drug-likeness (QED) is 0.839. The van der Waals surface area contributed by atoms with Crippen LogP contribution in [-0.4, -0.2) is 29.3 Å². The number of benzene rings is 1. The summed E-state index contributed by atoms with van der Waals surface area (Å²) < 4.78 is 0. The number of amides is 2. The third-order valence-corrected chi connectivity index (χ3v) is 3.51. The molecule has 1 rings (SSSR count). The van der Waals surface area contributed by atoms with Crippen LogP contribution in [0.2, 0.25) is 0 Å². The van der Waals surface area contributed by atoms with Gasteiger partial charge in [-0.3, -0.25) is 9.59 Å². The number of carbonyl (C=O) groups is 2. The Balaban J connectivity index is 2.95. The van der Waals surface area contributed by atoms with E-state index in [1.165, 1.54) is 5.56 Å². The Morgan fingerprint density at radius 2 is 1.76 bits per heavy atom. The van der Waals surface area contributed by atoms with Gasteiger partial charge in [0.25, 0.3) is 0 Å². The standard InChI is InChI=1S/C17H26N2O2/c1-5-15(17(21)18-7-3)19(16(20)6-2)12-14-10-8-13(4)9-11-14/h8-11,15H,5-7,12H2,1-4H3,(H,18,21). The molecule has 1 N–H and O–H groups in total. The topological polar surface area (TPSA) is 49.4 Å². The summed E-state index contributed by atoms with van der Waals surface area (Å²) in [7, 11) is 0. The lowest BCUT2D eigenvalue weighted by Crippen LogP contribution is -2.48. The summed E-state index contributed by atoms with van der Waals surface area (Å²) in [5.74, 6) is -0.0670. The van der Waals surface area contributed by atoms with Crippen molar-refractivity contribution in [3.05, 3.63) is 35.4 Å². The van der Waals surface area contributed by atoms with Gasteiger partial charge in [-0.1, -0.05) is 43.7 Å². The van der Waals surface area contributed by atoms with E-state index < -0.39 is 6.04 Å². The minimum absolute atomic E-state index is 0.00804. The van der Waals surface area contributed by atoms with Gasteiger partial charge in [0.15, 0.2) is 0 Å². The first-order valence-corrected chi connectivity index (χ1v) is 7.66. The second kappa shape index (κ2) is 8.45. The fraction of sp³-hybridized carbons (Fsp3) is 0.529. The lowest BCUT2D eigenvalue weighted by molar-refractivity contribution is -0.141. The van der Waals surface area contributed by atoms with Crippen LogP contribution in [0.3, 0.4) is 0 Å². The van der Waals surface area contributed by atoms with E-state index in [0.717, 1.165) is 5.56 Å². The van der Waals surface area contributed by atoms with Crippen LogP contribution in [-0.2, 0) is 16.1 Å². The molecule has 4 nitrogen and oxygen atoms in total. The number of carbonyl (C=O) groups excluding carboxylic acids is 2. The highest BCUT2D eigenvalue weighted by Gasteiger charge is 2.27. The average molecular weight is 290 g/mol. The zero-order valence-electron chi connectivity index (χ0n) is 13.5. The molecule has 0 fully saturated rings. The van der Waals surface area contributed by atoms with Gasteiger partial charge >= 0.3 is 0 Å². The van der Waals surface area contributed by atoms with Crippen molar-refractivity contribution >= 4 is 11.8 Å². The second-order valence-electron chi connectivity index (χ2n) is 5.18. The number of aryl methyl sites for hydroxylation is 1. The highest BCUT2D eigenvalue weighted by molar-refractivity contribution is 5.87. The highest BCUT2D eigenvalue weighted by atomic mass is 16.2. The first kappa shape index (κ1) is 17.2. The maximum Gasteiger partial charge on any atom is 0.242 e. The first-order valence-electron chi connectivity index (χ1n) is 7.66. The van der Waals surface area contributed by atoms with E-state index in [2.05, 4.69) is 5.32 Å². The van der Waals surface area contributed by atoms with Gasteiger partial charge in [-0.2, -0.15) is 0 Å². The van der Waals surface area contributed by atoms with Crippen LogP contribution >= 0.6 is 0 Å². The highest BCUT2D eigenvalue weighted by Crippen LogP contribution is 2.14. The molecule has 1 atom stereocenters. The van der Waals surface area contributed by atoms with Gasteiger partial charge in [-0.05, 0) is 25.8 Å². The molecule has 0 aromatic heterocycles. The zero-order chi connectivity index (χ0) is 15.8. The van der Waals surface area contributed by atoms with Gasteiger partial charge in [0, 0.05) is 19.5 Å². The first-order chi connectivity index (χ1) is 10.0. The molecule has 0 spiro atoms. The number of rotatable bonds is 7. The average Bonchev–Trinajstić information content (AvgIpc) is 2.48. The van der Waals surface area contributed by atoms with Crippen LogP contribution in [0.1, 0.15) is 44.7 Å². The maximum atomic E-state index is 12.2. The Hall–Kier alpha value is -1.84. The lowest BCUT2D eigenvalue weighted by Gasteiger charge is -2.30. The molecule has 0 aliphatic heterocycles. The summed E-state index contributed by atoms with van der Waals surface area (Å²) in [6.07, 6.45) is 1.02. The molecule has 0 heterocycles. The van der Waals surface area contributed by atoms with Crippen LogP contribution in [0.25, 0.3) is 0 Å². The summed E-state index contributed by atoms with van der Waals surface area (Å²) in [5, 5.41) is 2.82. The van der Waals surface area contributed by atoms with Gasteiger partial charge in [0.2, 0.25) is 11.8 Å². The molecular formula is C17H26N2O2. The van der Waals surface area contributed by atoms with E-state index in [4.69, 9.17) is 0 Å². The third-order valence-electron chi connectivity index (χ3n) is 3.51. The predicted molar refractivity (Wildman–Crippen MR) is 84.8 cm³/mol. The smallest absolute Gasteiger partial charge is 0.242 e. The Morgan fingerprint density at radius 3 is 2.24 bits per heavy atom. The Morgan fingerprint density at radius 1 is 1.14 bits per heavy atom. The lowest BCUT2D eigenvalue weighted by atomic mass is 10.1. The predicted octanol–water partition coefficient (Wildman–Crippen LogP) is 2.65. The number of nitrogens with zero attached hydrogens (tertiary/aromatic N) is 1. The van der Waals surface area contributed by atoms with Crippen LogP contribution < -0.4 is 5.32 Å². The molecule has 0 bridgehead atoms. The van der Waals surface area contributed by atoms with Crippen LogP contribution in [0.15, 0.2) is 24.3 Å². The third kappa shape index (κ3) is 4.88. The maximum absolute atomic E-state index is 12.2. The number of likely N-dealkylation sites (N-methyl/N-ethyl adjacent to an activating group) is 1. The summed E-state index contributed by atoms with van der Waals surface area (Å²) >= 11 is 0. The van der Waals surface area contributed by atoms with Crippen molar-refractivity contribution in [1.29, 1.82) is 0 Å². The molecule has 0 aliphatic carbocycles. The molecular weight excluding hydrogens is 264 g/mol. The molecule has 0 aliphatic rings. The zero-order valence-corrected chi connectivity index (χ0v) is 13.5. The van der Waals surface area contributed by atoms with Gasteiger partial charge in [-0.25, -0.2) is 0 Å². The summed E-state index contributed by atoms with van der Waals surface area (Å²) in [6.45, 7) is 8.73. The molecule has 0 radical (unpaired) electrons. The van der Waals surface area contributed by atoms with Crippen LogP contribution in [0, 0.1) is 6.92 Å². The van der Waals surface area contributed by atoms with Gasteiger partial charge < -0.3 is 10.2 Å². The van der Waals surface area contributed by atoms with Crippen molar-refractivity contribution in [3.63, 3.8) is 0 Å². The Kier molecular flexibility index (Phi) is 6.92. The summed E-state index contributed by atoms with van der Waals surface area (Å²) in [4.78, 5) is 26.1. The molecule has 0 saturated carbocycles. The SMILES string of the molecule is CCNC(=O)C(CC)N(Cc1ccc(C)cc1)C(=O)CC. The monoisotopic (exact) mass is 290 g/mol. The van der Waals surface area contributed by atoms with Crippen molar-refractivity contribution in [2.75, 3.05) is 6.54 Å². The fourth-order valence-corrected chi connectivity index (χ4v) is 2.30. The molecule has 0 saturated heterocycles. The number of hydrogen-bond donors (Lipinski definition) is 1. The van der Waals surface area contributed by atoms with Crippen molar-refractivity contribution in [1.82, 2.24) is 10.2 Å². The minimum atomic E-state index is -0.404. The van der Waals surface area contributed by atoms with Crippen LogP contribution in [0.4, 0.5) is 0 Å². The molecule has 1 unspecified atom stereocenters. The molecule has 21 heavy (non-hydrogen) atoms. The summed E-state index contributed by atoms with van der Waals surface area (Å²) in [6, 6.07) is 7.66. The van der Waals surface area contributed by atoms with Gasteiger partial charge in [0.1, 0.15) is 6.04 Å². The van der Waals surface area contributed by atoms with Crippen LogP contribution in [0.5, 0.6) is 0 Å². The van der Waals surface area contributed by atoms with Crippen molar-refractivity contribution < 1.29 is 9.59 Å². The molecule has 1 aromatic carbocycles. The largest absolute Gasteiger partial charge is 0.355 e. The molecule has 4 heteroatoms. The van der Waals surface area contributed by atoms with E-state index in [1.54, 1.807) is 4.90 Å². The van der Waals surface area contributed by atoms with E-state index in [-0.39, 0.29) is 11.8 Å². The Labute approximate surface area is 127 Å². The second-order valence-corrected chi connectivity index (χ2v) is 5.18. The minimum Gasteiger partial charge on any atom is -0.355 e. The molecule has 2 amide bonds. The Bertz CT molecular complexity index is 468. The van der Waals surface area contributed by atoms with Gasteiger partial charge in [-0.15, -0.1) is 0 Å². The van der Waals surface area contributed by atoms with Crippen molar-refractivity contribution in [3.8, 4) is 0 Å². The number of nitrogens with one attached hydrogen (secondary N) is 1. The fourth-order valence-electron chi connectivity index (χ4n) is 2.30. The normalized spacial score (nSPS) is 11.8. The van der Waals surface area contributed by atoms with E-state index in [9.17, 15) is 9.59 Å².